The third kappa shape index (κ3) is 4.32. The van der Waals surface area contributed by atoms with Crippen molar-refractivity contribution in [2.75, 3.05) is 13.7 Å². The minimum Gasteiger partial charge on any atom is -0.475 e. The van der Waals surface area contributed by atoms with E-state index in [9.17, 15) is 14.0 Å². The maximum Gasteiger partial charge on any atom is 0.296 e. The number of nitrogens with zero attached hydrogens (tertiary/aromatic N) is 4. The number of rotatable bonds is 7. The van der Waals surface area contributed by atoms with Gasteiger partial charge in [0.05, 0.1) is 22.6 Å². The molecule has 10 heteroatoms. The monoisotopic (exact) mass is 405 g/mol. The van der Waals surface area contributed by atoms with Gasteiger partial charge in [0, 0.05) is 13.0 Å². The smallest absolute Gasteiger partial charge is 0.296 e. The Kier molecular flexibility index (Phi) is 5.67. The third-order valence-electron chi connectivity index (χ3n) is 3.80. The lowest BCUT2D eigenvalue weighted by Crippen LogP contribution is -2.28. The van der Waals surface area contributed by atoms with Gasteiger partial charge in [0.15, 0.2) is 5.01 Å². The fourth-order valence-corrected chi connectivity index (χ4v) is 3.17. The van der Waals surface area contributed by atoms with Crippen molar-refractivity contribution in [1.82, 2.24) is 20.3 Å². The predicted octanol–water partition coefficient (Wildman–Crippen LogP) is 3.85. The van der Waals surface area contributed by atoms with Gasteiger partial charge in [0.1, 0.15) is 24.0 Å². The number of nitrogens with one attached hydrogen (secondary N) is 1. The highest BCUT2D eigenvalue weighted by Crippen LogP contribution is 2.38. The van der Waals surface area contributed by atoms with Gasteiger partial charge in [-0.05, 0) is 26.1 Å². The highest BCUT2D eigenvalue weighted by atomic mass is 32.1. The van der Waals surface area contributed by atoms with Crippen LogP contribution in [0.25, 0.3) is 10.2 Å². The van der Waals surface area contributed by atoms with Crippen molar-refractivity contribution in [1.29, 1.82) is 5.26 Å². The summed E-state index contributed by atoms with van der Waals surface area (Å²) in [4.78, 5) is 12.1. The van der Waals surface area contributed by atoms with Gasteiger partial charge >= 0.3 is 0 Å². The molecule has 0 aliphatic carbocycles. The topological polar surface area (TPSA) is 93.0 Å². The lowest BCUT2D eigenvalue weighted by Gasteiger charge is -2.11. The van der Waals surface area contributed by atoms with Crippen LogP contribution in [-0.2, 0) is 5.92 Å². The summed E-state index contributed by atoms with van der Waals surface area (Å²) in [6.07, 6.45) is 2.77. The molecule has 1 unspecified atom stereocenters. The van der Waals surface area contributed by atoms with Crippen LogP contribution in [0.15, 0.2) is 24.5 Å². The van der Waals surface area contributed by atoms with E-state index in [4.69, 9.17) is 9.47 Å². The van der Waals surface area contributed by atoms with E-state index in [1.807, 2.05) is 20.0 Å². The molecule has 0 saturated carbocycles. The van der Waals surface area contributed by atoms with Crippen molar-refractivity contribution in [2.24, 2.45) is 0 Å². The van der Waals surface area contributed by atoms with Crippen molar-refractivity contribution in [3.05, 3.63) is 35.1 Å². The van der Waals surface area contributed by atoms with E-state index in [1.54, 1.807) is 0 Å². The highest BCUT2D eigenvalue weighted by molar-refractivity contribution is 7.19. The molecule has 0 aliphatic rings. The molecule has 0 bridgehead atoms. The number of halogens is 2. The minimum absolute atomic E-state index is 0.121. The Morgan fingerprint density at radius 1 is 1.29 bits per heavy atom. The summed E-state index contributed by atoms with van der Waals surface area (Å²) in [6.45, 7) is 3.16. The molecule has 0 radical (unpaired) electrons. The number of hydrogen-bond donors (Lipinski definition) is 1. The van der Waals surface area contributed by atoms with Crippen LogP contribution in [0.4, 0.5) is 8.78 Å². The molecule has 0 saturated heterocycles. The average molecular weight is 405 g/mol. The zero-order valence-corrected chi connectivity index (χ0v) is 16.2. The van der Waals surface area contributed by atoms with Crippen LogP contribution in [0.2, 0.25) is 0 Å². The molecule has 0 spiro atoms. The molecule has 2 aromatic heterocycles. The van der Waals surface area contributed by atoms with E-state index < -0.39 is 5.92 Å². The molecule has 3 rings (SSSR count). The number of benzene rings is 1. The Labute approximate surface area is 164 Å². The SMILES string of the molecule is CNC(C)COc1cnc(Oc2ccc3nc(C(C)(F)F)sc3c2C#N)cn1. The molecule has 0 amide bonds. The first-order chi connectivity index (χ1) is 13.3. The van der Waals surface area contributed by atoms with Crippen LogP contribution >= 0.6 is 11.3 Å². The first-order valence-corrected chi connectivity index (χ1v) is 9.15. The largest absolute Gasteiger partial charge is 0.475 e. The zero-order valence-electron chi connectivity index (χ0n) is 15.4. The number of aromatic nitrogens is 3. The van der Waals surface area contributed by atoms with E-state index >= 15 is 0 Å². The summed E-state index contributed by atoms with van der Waals surface area (Å²) in [5.41, 5.74) is 0.439. The maximum atomic E-state index is 13.5. The molecule has 0 aliphatic heterocycles. The number of fused-ring (bicyclic) bond motifs is 1. The molecular formula is C18H17F2N5O2S. The predicted molar refractivity (Wildman–Crippen MR) is 100 cm³/mol. The van der Waals surface area contributed by atoms with Crippen molar-refractivity contribution in [3.63, 3.8) is 0 Å². The molecular weight excluding hydrogens is 388 g/mol. The minimum atomic E-state index is -3.08. The van der Waals surface area contributed by atoms with E-state index in [0.29, 0.717) is 22.7 Å². The van der Waals surface area contributed by atoms with Crippen LogP contribution in [0.1, 0.15) is 24.4 Å². The summed E-state index contributed by atoms with van der Waals surface area (Å²) < 4.78 is 38.5. The van der Waals surface area contributed by atoms with Crippen LogP contribution in [0.3, 0.4) is 0 Å². The molecule has 28 heavy (non-hydrogen) atoms. The van der Waals surface area contributed by atoms with Crippen molar-refractivity contribution in [2.45, 2.75) is 25.8 Å². The second-order valence-electron chi connectivity index (χ2n) is 6.10. The number of likely N-dealkylation sites (N-methyl/N-ethyl adjacent to an activating group) is 1. The summed E-state index contributed by atoms with van der Waals surface area (Å²) in [5.74, 6) is -2.40. The van der Waals surface area contributed by atoms with E-state index in [0.717, 1.165) is 18.3 Å². The summed E-state index contributed by atoms with van der Waals surface area (Å²) >= 11 is 0.768. The van der Waals surface area contributed by atoms with Crippen LogP contribution in [-0.4, -0.2) is 34.6 Å². The van der Waals surface area contributed by atoms with Crippen molar-refractivity contribution >= 4 is 21.6 Å². The van der Waals surface area contributed by atoms with Crippen molar-refractivity contribution in [3.8, 4) is 23.6 Å². The molecule has 146 valence electrons. The highest BCUT2D eigenvalue weighted by Gasteiger charge is 2.30. The summed E-state index contributed by atoms with van der Waals surface area (Å²) in [6, 6.07) is 5.18. The lowest BCUT2D eigenvalue weighted by atomic mass is 10.2. The van der Waals surface area contributed by atoms with Gasteiger partial charge < -0.3 is 14.8 Å². The Morgan fingerprint density at radius 2 is 2.00 bits per heavy atom. The number of alkyl halides is 2. The Balaban J connectivity index is 1.83. The van der Waals surface area contributed by atoms with E-state index in [-0.39, 0.29) is 28.2 Å². The van der Waals surface area contributed by atoms with Gasteiger partial charge in [-0.3, -0.25) is 0 Å². The average Bonchev–Trinajstić information content (AvgIpc) is 3.12. The normalized spacial score (nSPS) is 12.6. The van der Waals surface area contributed by atoms with E-state index in [1.165, 1.54) is 24.5 Å². The number of nitriles is 1. The molecule has 2 heterocycles. The third-order valence-corrected chi connectivity index (χ3v) is 5.06. The van der Waals surface area contributed by atoms with Crippen molar-refractivity contribution < 1.29 is 18.3 Å². The fraction of sp³-hybridized carbons (Fsp3) is 0.333. The van der Waals surface area contributed by atoms with Gasteiger partial charge in [-0.2, -0.15) is 14.0 Å². The van der Waals surface area contributed by atoms with Crippen LogP contribution in [0.5, 0.6) is 17.5 Å². The first kappa shape index (κ1) is 19.9. The molecule has 1 aromatic carbocycles. The first-order valence-electron chi connectivity index (χ1n) is 8.33. The van der Waals surface area contributed by atoms with Gasteiger partial charge in [-0.1, -0.05) is 0 Å². The van der Waals surface area contributed by atoms with Gasteiger partial charge in [-0.25, -0.2) is 15.0 Å². The number of hydrogen-bond acceptors (Lipinski definition) is 8. The Morgan fingerprint density at radius 3 is 2.61 bits per heavy atom. The van der Waals surface area contributed by atoms with Gasteiger partial charge in [0.2, 0.25) is 11.8 Å². The van der Waals surface area contributed by atoms with Gasteiger partial charge in [0.25, 0.3) is 5.92 Å². The number of thiazole rings is 1. The number of ether oxygens (including phenoxy) is 2. The molecule has 0 fully saturated rings. The second kappa shape index (κ2) is 8.00. The van der Waals surface area contributed by atoms with Crippen LogP contribution in [0, 0.1) is 11.3 Å². The second-order valence-corrected chi connectivity index (χ2v) is 7.10. The molecule has 7 nitrogen and oxygen atoms in total. The molecule has 1 atom stereocenters. The lowest BCUT2D eigenvalue weighted by molar-refractivity contribution is 0.0174. The fourth-order valence-electron chi connectivity index (χ4n) is 2.19. The maximum absolute atomic E-state index is 13.5. The quantitative estimate of drug-likeness (QED) is 0.638. The zero-order chi connectivity index (χ0) is 20.3. The Bertz CT molecular complexity index is 1010. The van der Waals surface area contributed by atoms with Crippen LogP contribution < -0.4 is 14.8 Å². The molecule has 3 aromatic rings. The Hall–Kier alpha value is -2.90. The molecule has 1 N–H and O–H groups in total. The standard InChI is InChI=1S/C18H17F2N5O2S/c1-10(22-3)9-26-14-7-24-15(8-23-14)27-13-5-4-12-16(11(13)6-21)28-17(25-12)18(2,19)20/h4-5,7-8,10,22H,9H2,1-3H3. The van der Waals surface area contributed by atoms with E-state index in [2.05, 4.69) is 20.3 Å². The van der Waals surface area contributed by atoms with Gasteiger partial charge in [-0.15, -0.1) is 11.3 Å². The summed E-state index contributed by atoms with van der Waals surface area (Å²) in [5, 5.41) is 12.2. The summed E-state index contributed by atoms with van der Waals surface area (Å²) in [7, 11) is 1.83.